The SMILES string of the molecule is CCc1nc(-c2ccc3c(c2)CC[C@H]3NC(=O)c2cncn2CC2CCCC2)no1. The van der Waals surface area contributed by atoms with Gasteiger partial charge in [0.15, 0.2) is 0 Å². The van der Waals surface area contributed by atoms with Crippen LogP contribution >= 0.6 is 0 Å². The van der Waals surface area contributed by atoms with Gasteiger partial charge in [-0.25, -0.2) is 4.98 Å². The van der Waals surface area contributed by atoms with E-state index >= 15 is 0 Å². The molecular formula is C23H27N5O2. The van der Waals surface area contributed by atoms with E-state index in [0.29, 0.717) is 23.3 Å². The van der Waals surface area contributed by atoms with Crippen LogP contribution in [0.4, 0.5) is 0 Å². The van der Waals surface area contributed by atoms with Crippen molar-refractivity contribution in [2.75, 3.05) is 0 Å². The second-order valence-electron chi connectivity index (χ2n) is 8.43. The summed E-state index contributed by atoms with van der Waals surface area (Å²) >= 11 is 0. The molecule has 1 atom stereocenters. The number of hydrogen-bond donors (Lipinski definition) is 1. The van der Waals surface area contributed by atoms with E-state index in [2.05, 4.69) is 32.6 Å². The molecule has 0 bridgehead atoms. The predicted molar refractivity (Wildman–Crippen MR) is 112 cm³/mol. The number of imidazole rings is 1. The highest BCUT2D eigenvalue weighted by molar-refractivity contribution is 5.92. The molecular weight excluding hydrogens is 378 g/mol. The Morgan fingerprint density at radius 2 is 2.13 bits per heavy atom. The van der Waals surface area contributed by atoms with Gasteiger partial charge in [-0.2, -0.15) is 4.98 Å². The van der Waals surface area contributed by atoms with Crippen LogP contribution in [0.15, 0.2) is 35.2 Å². The number of aryl methyl sites for hydroxylation is 2. The smallest absolute Gasteiger partial charge is 0.270 e. The largest absolute Gasteiger partial charge is 0.344 e. The number of benzene rings is 1. The van der Waals surface area contributed by atoms with E-state index in [0.717, 1.165) is 31.4 Å². The molecule has 0 radical (unpaired) electrons. The number of rotatable bonds is 6. The number of fused-ring (bicyclic) bond motifs is 1. The molecule has 0 unspecified atom stereocenters. The Kier molecular flexibility index (Phi) is 5.11. The molecule has 3 aromatic rings. The van der Waals surface area contributed by atoms with Gasteiger partial charge in [0, 0.05) is 18.5 Å². The first kappa shape index (κ1) is 19.0. The normalized spacial score (nSPS) is 18.6. The van der Waals surface area contributed by atoms with Gasteiger partial charge in [0.25, 0.3) is 5.91 Å². The summed E-state index contributed by atoms with van der Waals surface area (Å²) in [5, 5.41) is 7.30. The number of hydrogen-bond acceptors (Lipinski definition) is 5. The van der Waals surface area contributed by atoms with Gasteiger partial charge in [-0.1, -0.05) is 37.1 Å². The van der Waals surface area contributed by atoms with E-state index in [4.69, 9.17) is 4.52 Å². The maximum atomic E-state index is 13.0. The van der Waals surface area contributed by atoms with Crippen LogP contribution < -0.4 is 5.32 Å². The Hall–Kier alpha value is -2.96. The molecule has 0 spiro atoms. The molecule has 0 saturated heterocycles. The van der Waals surface area contributed by atoms with Gasteiger partial charge in [0.1, 0.15) is 5.69 Å². The summed E-state index contributed by atoms with van der Waals surface area (Å²) in [7, 11) is 0. The summed E-state index contributed by atoms with van der Waals surface area (Å²) in [5.41, 5.74) is 4.03. The Morgan fingerprint density at radius 1 is 1.27 bits per heavy atom. The molecule has 2 heterocycles. The van der Waals surface area contributed by atoms with E-state index in [1.807, 2.05) is 17.6 Å². The molecule has 7 nitrogen and oxygen atoms in total. The fraction of sp³-hybridized carbons (Fsp3) is 0.478. The lowest BCUT2D eigenvalue weighted by Crippen LogP contribution is -2.29. The van der Waals surface area contributed by atoms with Crippen molar-refractivity contribution in [2.24, 2.45) is 5.92 Å². The van der Waals surface area contributed by atoms with Crippen LogP contribution in [0.1, 0.15) is 72.6 Å². The predicted octanol–water partition coefficient (Wildman–Crippen LogP) is 4.10. The fourth-order valence-electron chi connectivity index (χ4n) is 4.78. The average molecular weight is 406 g/mol. The molecule has 7 heteroatoms. The molecule has 0 aliphatic heterocycles. The number of nitrogens with one attached hydrogen (secondary N) is 1. The van der Waals surface area contributed by atoms with Gasteiger partial charge in [-0.05, 0) is 48.8 Å². The zero-order valence-corrected chi connectivity index (χ0v) is 17.3. The zero-order valence-electron chi connectivity index (χ0n) is 17.3. The number of carbonyl (C=O) groups excluding carboxylic acids is 1. The van der Waals surface area contributed by atoms with E-state index in [1.54, 1.807) is 12.5 Å². The van der Waals surface area contributed by atoms with Crippen LogP contribution in [0.3, 0.4) is 0 Å². The topological polar surface area (TPSA) is 85.8 Å². The van der Waals surface area contributed by atoms with Crippen molar-refractivity contribution in [3.63, 3.8) is 0 Å². The van der Waals surface area contributed by atoms with Gasteiger partial charge in [-0.15, -0.1) is 0 Å². The number of amides is 1. The molecule has 1 amide bonds. The standard InChI is InChI=1S/C23H27N5O2/c1-2-21-26-22(27-30-21)17-7-9-18-16(11-17)8-10-19(18)25-23(29)20-12-24-14-28(20)13-15-5-3-4-6-15/h7,9,11-12,14-15,19H,2-6,8,10,13H2,1H3,(H,25,29)/t19-/m1/s1. The molecule has 1 N–H and O–H groups in total. The lowest BCUT2D eigenvalue weighted by molar-refractivity contribution is 0.0926. The van der Waals surface area contributed by atoms with E-state index < -0.39 is 0 Å². The maximum Gasteiger partial charge on any atom is 0.270 e. The highest BCUT2D eigenvalue weighted by atomic mass is 16.5. The molecule has 1 saturated carbocycles. The van der Waals surface area contributed by atoms with Crippen LogP contribution in [-0.4, -0.2) is 25.6 Å². The van der Waals surface area contributed by atoms with Crippen LogP contribution in [0.25, 0.3) is 11.4 Å². The molecule has 156 valence electrons. The summed E-state index contributed by atoms with van der Waals surface area (Å²) in [6.45, 7) is 2.88. The third-order valence-electron chi connectivity index (χ3n) is 6.43. The first-order valence-electron chi connectivity index (χ1n) is 11.0. The Bertz CT molecular complexity index is 1050. The average Bonchev–Trinajstić information content (AvgIpc) is 3.55. The second kappa shape index (κ2) is 8.05. The Balaban J connectivity index is 1.29. The number of aromatic nitrogens is 4. The van der Waals surface area contributed by atoms with Crippen molar-refractivity contribution in [2.45, 2.75) is 64.5 Å². The monoisotopic (exact) mass is 405 g/mol. The Morgan fingerprint density at radius 3 is 2.93 bits per heavy atom. The van der Waals surface area contributed by atoms with Crippen LogP contribution in [0, 0.1) is 5.92 Å². The number of nitrogens with zero attached hydrogens (tertiary/aromatic N) is 4. The second-order valence-corrected chi connectivity index (χ2v) is 8.43. The van der Waals surface area contributed by atoms with E-state index in [9.17, 15) is 4.79 Å². The van der Waals surface area contributed by atoms with E-state index in [1.165, 1.54) is 36.8 Å². The summed E-state index contributed by atoms with van der Waals surface area (Å²) in [6, 6.07) is 6.24. The maximum absolute atomic E-state index is 13.0. The summed E-state index contributed by atoms with van der Waals surface area (Å²) in [6.07, 6.45) is 11.1. The first-order valence-corrected chi connectivity index (χ1v) is 11.0. The zero-order chi connectivity index (χ0) is 20.5. The third-order valence-corrected chi connectivity index (χ3v) is 6.43. The van der Waals surface area contributed by atoms with E-state index in [-0.39, 0.29) is 11.9 Å². The first-order chi connectivity index (χ1) is 14.7. The fourth-order valence-corrected chi connectivity index (χ4v) is 4.78. The highest BCUT2D eigenvalue weighted by Gasteiger charge is 2.27. The third kappa shape index (κ3) is 3.64. The highest BCUT2D eigenvalue weighted by Crippen LogP contribution is 2.34. The van der Waals surface area contributed by atoms with Gasteiger partial charge in [0.2, 0.25) is 11.7 Å². The Labute approximate surface area is 175 Å². The van der Waals surface area contributed by atoms with Gasteiger partial charge in [-0.3, -0.25) is 4.79 Å². The summed E-state index contributed by atoms with van der Waals surface area (Å²) in [5.74, 6) is 1.88. The lowest BCUT2D eigenvalue weighted by Gasteiger charge is -2.17. The van der Waals surface area contributed by atoms with Crippen molar-refractivity contribution in [1.82, 2.24) is 25.0 Å². The molecule has 2 aliphatic rings. The summed E-state index contributed by atoms with van der Waals surface area (Å²) in [4.78, 5) is 21.6. The van der Waals surface area contributed by atoms with Gasteiger partial charge < -0.3 is 14.4 Å². The van der Waals surface area contributed by atoms with Gasteiger partial charge >= 0.3 is 0 Å². The van der Waals surface area contributed by atoms with Crippen molar-refractivity contribution >= 4 is 5.91 Å². The molecule has 2 aliphatic carbocycles. The molecule has 1 aromatic carbocycles. The quantitative estimate of drug-likeness (QED) is 0.667. The van der Waals surface area contributed by atoms with Crippen molar-refractivity contribution in [3.05, 3.63) is 53.4 Å². The molecule has 1 fully saturated rings. The minimum atomic E-state index is -0.0434. The molecule has 5 rings (SSSR count). The molecule has 30 heavy (non-hydrogen) atoms. The number of carbonyl (C=O) groups is 1. The lowest BCUT2D eigenvalue weighted by atomic mass is 10.0. The van der Waals surface area contributed by atoms with Crippen LogP contribution in [-0.2, 0) is 19.4 Å². The summed E-state index contributed by atoms with van der Waals surface area (Å²) < 4.78 is 7.25. The minimum Gasteiger partial charge on any atom is -0.344 e. The van der Waals surface area contributed by atoms with Crippen LogP contribution in [0.5, 0.6) is 0 Å². The van der Waals surface area contributed by atoms with Gasteiger partial charge in [0.05, 0.1) is 18.6 Å². The van der Waals surface area contributed by atoms with Crippen molar-refractivity contribution < 1.29 is 9.32 Å². The van der Waals surface area contributed by atoms with Crippen molar-refractivity contribution in [3.8, 4) is 11.4 Å². The molecule has 2 aromatic heterocycles. The minimum absolute atomic E-state index is 0.0212. The van der Waals surface area contributed by atoms with Crippen LogP contribution in [0.2, 0.25) is 0 Å². The van der Waals surface area contributed by atoms with Crippen molar-refractivity contribution in [1.29, 1.82) is 0 Å².